The molecule has 0 N–H and O–H groups in total. The molecule has 0 spiro atoms. The molecular formula is C13H13F2N3O. The first-order valence-corrected chi connectivity index (χ1v) is 6.08. The van der Waals surface area contributed by atoms with Crippen molar-refractivity contribution in [2.24, 2.45) is 0 Å². The van der Waals surface area contributed by atoms with Crippen molar-refractivity contribution < 1.29 is 13.3 Å². The lowest BCUT2D eigenvalue weighted by Gasteiger charge is -2.37. The van der Waals surface area contributed by atoms with Gasteiger partial charge in [-0.1, -0.05) is 11.2 Å². The zero-order valence-electron chi connectivity index (χ0n) is 10.4. The van der Waals surface area contributed by atoms with Crippen LogP contribution in [-0.2, 0) is 6.54 Å². The summed E-state index contributed by atoms with van der Waals surface area (Å²) in [6, 6.07) is 3.99. The maximum Gasteiger partial charge on any atom is 0.232 e. The first-order chi connectivity index (χ1) is 9.11. The molecule has 19 heavy (non-hydrogen) atoms. The summed E-state index contributed by atoms with van der Waals surface area (Å²) in [5.41, 5.74) is 0.763. The molecule has 6 heteroatoms. The van der Waals surface area contributed by atoms with Crippen LogP contribution in [0, 0.1) is 18.6 Å². The largest absolute Gasteiger partial charge is 0.339 e. The highest BCUT2D eigenvalue weighted by Crippen LogP contribution is 2.27. The van der Waals surface area contributed by atoms with Gasteiger partial charge in [-0.2, -0.15) is 4.98 Å². The fourth-order valence-corrected chi connectivity index (χ4v) is 2.23. The molecule has 2 heterocycles. The van der Waals surface area contributed by atoms with Crippen molar-refractivity contribution in [2.75, 3.05) is 13.1 Å². The van der Waals surface area contributed by atoms with E-state index in [0.29, 0.717) is 18.3 Å². The maximum atomic E-state index is 13.1. The third-order valence-corrected chi connectivity index (χ3v) is 3.24. The van der Waals surface area contributed by atoms with E-state index < -0.39 is 11.6 Å². The number of likely N-dealkylation sites (tertiary alicyclic amines) is 1. The zero-order valence-corrected chi connectivity index (χ0v) is 10.4. The number of hydrogen-bond donors (Lipinski definition) is 0. The smallest absolute Gasteiger partial charge is 0.232 e. The third-order valence-electron chi connectivity index (χ3n) is 3.24. The quantitative estimate of drug-likeness (QED) is 0.853. The normalized spacial score (nSPS) is 16.6. The molecular weight excluding hydrogens is 252 g/mol. The van der Waals surface area contributed by atoms with Gasteiger partial charge in [-0.05, 0) is 24.6 Å². The van der Waals surface area contributed by atoms with Gasteiger partial charge < -0.3 is 4.52 Å². The van der Waals surface area contributed by atoms with E-state index in [2.05, 4.69) is 15.0 Å². The van der Waals surface area contributed by atoms with Crippen molar-refractivity contribution in [1.82, 2.24) is 15.0 Å². The summed E-state index contributed by atoms with van der Waals surface area (Å²) in [4.78, 5) is 6.31. The van der Waals surface area contributed by atoms with Gasteiger partial charge in [0.25, 0.3) is 0 Å². The van der Waals surface area contributed by atoms with Crippen LogP contribution in [0.4, 0.5) is 8.78 Å². The zero-order chi connectivity index (χ0) is 13.4. The summed E-state index contributed by atoms with van der Waals surface area (Å²) in [7, 11) is 0. The van der Waals surface area contributed by atoms with Crippen molar-refractivity contribution in [3.63, 3.8) is 0 Å². The molecule has 1 fully saturated rings. The van der Waals surface area contributed by atoms with Crippen molar-refractivity contribution in [3.05, 3.63) is 47.1 Å². The molecule has 0 saturated carbocycles. The Morgan fingerprint density at radius 3 is 2.74 bits per heavy atom. The predicted molar refractivity (Wildman–Crippen MR) is 63.4 cm³/mol. The molecule has 4 nitrogen and oxygen atoms in total. The van der Waals surface area contributed by atoms with Crippen LogP contribution in [0.1, 0.15) is 23.2 Å². The lowest BCUT2D eigenvalue weighted by Crippen LogP contribution is -2.44. The van der Waals surface area contributed by atoms with Gasteiger partial charge in [0.1, 0.15) is 0 Å². The second-order valence-corrected chi connectivity index (χ2v) is 4.82. The number of benzene rings is 1. The maximum absolute atomic E-state index is 13.1. The van der Waals surface area contributed by atoms with E-state index in [-0.39, 0.29) is 5.92 Å². The first kappa shape index (κ1) is 12.2. The van der Waals surface area contributed by atoms with Crippen LogP contribution < -0.4 is 0 Å². The number of aromatic nitrogens is 2. The highest BCUT2D eigenvalue weighted by molar-refractivity contribution is 5.18. The Balaban J connectivity index is 1.58. The lowest BCUT2D eigenvalue weighted by molar-refractivity contribution is 0.117. The van der Waals surface area contributed by atoms with Gasteiger partial charge in [-0.15, -0.1) is 0 Å². The lowest BCUT2D eigenvalue weighted by atomic mass is 9.99. The fourth-order valence-electron chi connectivity index (χ4n) is 2.23. The molecule has 3 rings (SSSR count). The number of rotatable bonds is 3. The summed E-state index contributed by atoms with van der Waals surface area (Å²) in [6.07, 6.45) is 0. The number of hydrogen-bond acceptors (Lipinski definition) is 4. The summed E-state index contributed by atoms with van der Waals surface area (Å²) in [6.45, 7) is 3.97. The van der Waals surface area contributed by atoms with E-state index in [0.717, 1.165) is 24.7 Å². The monoisotopic (exact) mass is 265 g/mol. The van der Waals surface area contributed by atoms with Gasteiger partial charge in [-0.3, -0.25) is 4.90 Å². The van der Waals surface area contributed by atoms with Crippen LogP contribution in [0.5, 0.6) is 0 Å². The third kappa shape index (κ3) is 2.49. The molecule has 0 bridgehead atoms. The molecule has 1 aromatic carbocycles. The van der Waals surface area contributed by atoms with E-state index >= 15 is 0 Å². The molecule has 0 amide bonds. The number of halogens is 2. The average Bonchev–Trinajstić information content (AvgIpc) is 2.74. The molecule has 1 aromatic heterocycles. The molecule has 0 atom stereocenters. The Morgan fingerprint density at radius 1 is 1.32 bits per heavy atom. The summed E-state index contributed by atoms with van der Waals surface area (Å²) < 4.78 is 31.0. The van der Waals surface area contributed by atoms with Crippen molar-refractivity contribution in [2.45, 2.75) is 19.4 Å². The van der Waals surface area contributed by atoms with Gasteiger partial charge in [0.05, 0.1) is 5.92 Å². The minimum atomic E-state index is -0.813. The average molecular weight is 265 g/mol. The van der Waals surface area contributed by atoms with Gasteiger partial charge in [-0.25, -0.2) is 8.78 Å². The minimum absolute atomic E-state index is 0.242. The number of nitrogens with zero attached hydrogens (tertiary/aromatic N) is 3. The van der Waals surface area contributed by atoms with Crippen LogP contribution in [-0.4, -0.2) is 28.1 Å². The molecule has 1 aliphatic heterocycles. The first-order valence-electron chi connectivity index (χ1n) is 6.08. The summed E-state index contributed by atoms with van der Waals surface area (Å²) in [5, 5.41) is 3.75. The Bertz CT molecular complexity index is 593. The molecule has 100 valence electrons. The highest BCUT2D eigenvalue weighted by Gasteiger charge is 2.32. The van der Waals surface area contributed by atoms with Gasteiger partial charge in [0, 0.05) is 19.6 Å². The number of aryl methyl sites for hydroxylation is 1. The summed E-state index contributed by atoms with van der Waals surface area (Å²) in [5.74, 6) is -0.0896. The van der Waals surface area contributed by atoms with Crippen LogP contribution in [0.25, 0.3) is 0 Å². The Labute approximate surface area is 109 Å². The SMILES string of the molecule is Cc1noc(C2CN(Cc3ccc(F)c(F)c3)C2)n1. The molecule has 0 aliphatic carbocycles. The molecule has 1 saturated heterocycles. The molecule has 0 radical (unpaired) electrons. The van der Waals surface area contributed by atoms with Crippen molar-refractivity contribution in [3.8, 4) is 0 Å². The van der Waals surface area contributed by atoms with Gasteiger partial charge in [0.2, 0.25) is 5.89 Å². The van der Waals surface area contributed by atoms with E-state index in [4.69, 9.17) is 4.52 Å². The van der Waals surface area contributed by atoms with Gasteiger partial charge in [0.15, 0.2) is 17.5 Å². The van der Waals surface area contributed by atoms with Gasteiger partial charge >= 0.3 is 0 Å². The fraction of sp³-hybridized carbons (Fsp3) is 0.385. The Hall–Kier alpha value is -1.82. The topological polar surface area (TPSA) is 42.2 Å². The molecule has 1 aliphatic rings. The molecule has 0 unspecified atom stereocenters. The van der Waals surface area contributed by atoms with E-state index in [1.54, 1.807) is 13.0 Å². The van der Waals surface area contributed by atoms with Crippen LogP contribution in [0.2, 0.25) is 0 Å². The second kappa shape index (κ2) is 4.70. The van der Waals surface area contributed by atoms with E-state index in [9.17, 15) is 8.78 Å². The Kier molecular flexibility index (Phi) is 3.02. The van der Waals surface area contributed by atoms with Crippen LogP contribution >= 0.6 is 0 Å². The van der Waals surface area contributed by atoms with Crippen molar-refractivity contribution >= 4 is 0 Å². The molecule has 2 aromatic rings. The minimum Gasteiger partial charge on any atom is -0.339 e. The standard InChI is InChI=1S/C13H13F2N3O/c1-8-16-13(19-17-8)10-6-18(7-10)5-9-2-3-11(14)12(15)4-9/h2-4,10H,5-7H2,1H3. The van der Waals surface area contributed by atoms with E-state index in [1.165, 1.54) is 6.07 Å². The van der Waals surface area contributed by atoms with Crippen LogP contribution in [0.15, 0.2) is 22.7 Å². The van der Waals surface area contributed by atoms with Crippen LogP contribution in [0.3, 0.4) is 0 Å². The van der Waals surface area contributed by atoms with E-state index in [1.807, 2.05) is 0 Å². The Morgan fingerprint density at radius 2 is 2.11 bits per heavy atom. The highest BCUT2D eigenvalue weighted by atomic mass is 19.2. The van der Waals surface area contributed by atoms with Crippen molar-refractivity contribution in [1.29, 1.82) is 0 Å². The summed E-state index contributed by atoms with van der Waals surface area (Å²) >= 11 is 0. The predicted octanol–water partition coefficient (Wildman–Crippen LogP) is 2.26. The second-order valence-electron chi connectivity index (χ2n) is 4.82.